The van der Waals surface area contributed by atoms with E-state index >= 15 is 0 Å². The summed E-state index contributed by atoms with van der Waals surface area (Å²) in [7, 11) is 0. The molecule has 132 valence electrons. The summed E-state index contributed by atoms with van der Waals surface area (Å²) in [6, 6.07) is 23.8. The first kappa shape index (κ1) is 16.8. The lowest BCUT2D eigenvalue weighted by Gasteiger charge is -2.16. The molecule has 0 aliphatic carbocycles. The third kappa shape index (κ3) is 3.98. The Bertz CT molecular complexity index is 947. The molecule has 0 aliphatic rings. The molecule has 5 heteroatoms. The third-order valence-electron chi connectivity index (χ3n) is 4.21. The van der Waals surface area contributed by atoms with Gasteiger partial charge in [-0.1, -0.05) is 42.5 Å². The Hall–Kier alpha value is -3.60. The van der Waals surface area contributed by atoms with E-state index in [1.54, 1.807) is 12.4 Å². The monoisotopic (exact) mass is 353 g/mol. The van der Waals surface area contributed by atoms with E-state index in [-0.39, 0.29) is 6.04 Å². The van der Waals surface area contributed by atoms with Gasteiger partial charge in [0.1, 0.15) is 11.5 Å². The fraction of sp³-hybridized carbons (Fsp3) is 0.0909. The van der Waals surface area contributed by atoms with Crippen molar-refractivity contribution in [1.82, 2.24) is 19.9 Å². The summed E-state index contributed by atoms with van der Waals surface area (Å²) in [5.74, 6) is 1.31. The summed E-state index contributed by atoms with van der Waals surface area (Å²) in [6.07, 6.45) is 3.50. The minimum Gasteiger partial charge on any atom is -0.363 e. The van der Waals surface area contributed by atoms with Crippen molar-refractivity contribution in [3.05, 3.63) is 90.8 Å². The van der Waals surface area contributed by atoms with Gasteiger partial charge in [-0.3, -0.25) is 9.97 Å². The van der Waals surface area contributed by atoms with Crippen LogP contribution in [-0.2, 0) is 0 Å². The highest BCUT2D eigenvalue weighted by atomic mass is 15.1. The van der Waals surface area contributed by atoms with E-state index in [1.165, 1.54) is 5.56 Å². The molecule has 1 aromatic carbocycles. The minimum atomic E-state index is 0.106. The SMILES string of the molecule is CC(Nc1cc(-c2ccccn2)nc(-c2ccccn2)n1)c1ccccc1. The molecule has 27 heavy (non-hydrogen) atoms. The maximum atomic E-state index is 4.68. The van der Waals surface area contributed by atoms with Crippen molar-refractivity contribution < 1.29 is 0 Å². The fourth-order valence-corrected chi connectivity index (χ4v) is 2.82. The van der Waals surface area contributed by atoms with Crippen LogP contribution in [0.4, 0.5) is 5.82 Å². The molecule has 0 fully saturated rings. The van der Waals surface area contributed by atoms with Gasteiger partial charge in [0, 0.05) is 24.5 Å². The number of benzene rings is 1. The molecule has 3 heterocycles. The van der Waals surface area contributed by atoms with Crippen LogP contribution in [0.3, 0.4) is 0 Å². The molecule has 3 aromatic heterocycles. The van der Waals surface area contributed by atoms with Crippen molar-refractivity contribution in [3.63, 3.8) is 0 Å². The molecule has 0 aliphatic heterocycles. The molecular weight excluding hydrogens is 334 g/mol. The molecule has 1 N–H and O–H groups in total. The fourth-order valence-electron chi connectivity index (χ4n) is 2.82. The van der Waals surface area contributed by atoms with Gasteiger partial charge in [-0.25, -0.2) is 9.97 Å². The topological polar surface area (TPSA) is 63.6 Å². The Balaban J connectivity index is 1.74. The highest BCUT2D eigenvalue weighted by Gasteiger charge is 2.12. The Morgan fingerprint density at radius 2 is 1.37 bits per heavy atom. The van der Waals surface area contributed by atoms with Crippen molar-refractivity contribution in [1.29, 1.82) is 0 Å². The number of nitrogens with one attached hydrogen (secondary N) is 1. The second-order valence-corrected chi connectivity index (χ2v) is 6.17. The molecule has 5 nitrogen and oxygen atoms in total. The zero-order valence-corrected chi connectivity index (χ0v) is 14.9. The molecule has 1 atom stereocenters. The molecule has 0 saturated heterocycles. The molecule has 0 spiro atoms. The number of anilines is 1. The van der Waals surface area contributed by atoms with Crippen LogP contribution >= 0.6 is 0 Å². The molecule has 0 bridgehead atoms. The summed E-state index contributed by atoms with van der Waals surface area (Å²) >= 11 is 0. The molecular formula is C22H19N5. The Morgan fingerprint density at radius 1 is 0.704 bits per heavy atom. The molecule has 0 radical (unpaired) electrons. The smallest absolute Gasteiger partial charge is 0.180 e. The van der Waals surface area contributed by atoms with Gasteiger partial charge < -0.3 is 5.32 Å². The highest BCUT2D eigenvalue weighted by molar-refractivity contribution is 5.63. The van der Waals surface area contributed by atoms with E-state index < -0.39 is 0 Å². The zero-order valence-electron chi connectivity index (χ0n) is 14.9. The van der Waals surface area contributed by atoms with Gasteiger partial charge in [0.2, 0.25) is 0 Å². The summed E-state index contributed by atoms with van der Waals surface area (Å²) in [5, 5.41) is 3.47. The van der Waals surface area contributed by atoms with Gasteiger partial charge in [0.15, 0.2) is 5.82 Å². The second kappa shape index (κ2) is 7.74. The van der Waals surface area contributed by atoms with Gasteiger partial charge in [0.05, 0.1) is 11.4 Å². The number of hydrogen-bond acceptors (Lipinski definition) is 5. The number of aromatic nitrogens is 4. The van der Waals surface area contributed by atoms with E-state index in [2.05, 4.69) is 44.3 Å². The number of rotatable bonds is 5. The van der Waals surface area contributed by atoms with E-state index in [0.29, 0.717) is 5.82 Å². The average Bonchev–Trinajstić information content (AvgIpc) is 2.75. The van der Waals surface area contributed by atoms with Gasteiger partial charge >= 0.3 is 0 Å². The predicted octanol–water partition coefficient (Wildman–Crippen LogP) is 4.77. The van der Waals surface area contributed by atoms with E-state index in [1.807, 2.05) is 60.7 Å². The van der Waals surface area contributed by atoms with E-state index in [9.17, 15) is 0 Å². The minimum absolute atomic E-state index is 0.106. The molecule has 4 aromatic rings. The number of hydrogen-bond donors (Lipinski definition) is 1. The first-order valence-electron chi connectivity index (χ1n) is 8.83. The van der Waals surface area contributed by atoms with Crippen molar-refractivity contribution in [2.75, 3.05) is 5.32 Å². The van der Waals surface area contributed by atoms with Crippen LogP contribution in [0.25, 0.3) is 22.9 Å². The lowest BCUT2D eigenvalue weighted by molar-refractivity contribution is 0.872. The van der Waals surface area contributed by atoms with Crippen LogP contribution in [0.15, 0.2) is 85.2 Å². The van der Waals surface area contributed by atoms with Crippen molar-refractivity contribution in [3.8, 4) is 22.9 Å². The Labute approximate surface area is 158 Å². The first-order valence-corrected chi connectivity index (χ1v) is 8.83. The summed E-state index contributed by atoms with van der Waals surface area (Å²) < 4.78 is 0. The Kier molecular flexibility index (Phi) is 4.83. The van der Waals surface area contributed by atoms with Gasteiger partial charge in [0.25, 0.3) is 0 Å². The third-order valence-corrected chi connectivity index (χ3v) is 4.21. The lowest BCUT2D eigenvalue weighted by atomic mass is 10.1. The molecule has 0 saturated carbocycles. The lowest BCUT2D eigenvalue weighted by Crippen LogP contribution is -2.09. The van der Waals surface area contributed by atoms with Gasteiger partial charge in [-0.2, -0.15) is 0 Å². The van der Waals surface area contributed by atoms with E-state index in [0.717, 1.165) is 22.9 Å². The molecule has 1 unspecified atom stereocenters. The summed E-state index contributed by atoms with van der Waals surface area (Å²) in [5.41, 5.74) is 3.47. The number of pyridine rings is 2. The predicted molar refractivity (Wildman–Crippen MR) is 107 cm³/mol. The Morgan fingerprint density at radius 3 is 2.04 bits per heavy atom. The summed E-state index contributed by atoms with van der Waals surface area (Å²) in [4.78, 5) is 18.2. The largest absolute Gasteiger partial charge is 0.363 e. The maximum absolute atomic E-state index is 4.68. The quantitative estimate of drug-likeness (QED) is 0.560. The van der Waals surface area contributed by atoms with Gasteiger partial charge in [-0.05, 0) is 36.8 Å². The second-order valence-electron chi connectivity index (χ2n) is 6.17. The van der Waals surface area contributed by atoms with E-state index in [4.69, 9.17) is 0 Å². The highest BCUT2D eigenvalue weighted by Crippen LogP contribution is 2.24. The molecule has 4 rings (SSSR count). The van der Waals surface area contributed by atoms with Crippen molar-refractivity contribution in [2.24, 2.45) is 0 Å². The van der Waals surface area contributed by atoms with Crippen LogP contribution in [0.5, 0.6) is 0 Å². The standard InChI is InChI=1S/C22H19N5/c1-16(17-9-3-2-4-10-17)25-21-15-20(18-11-5-7-13-23-18)26-22(27-21)19-12-6-8-14-24-19/h2-16H,1H3,(H,25,26,27). The van der Waals surface area contributed by atoms with Crippen LogP contribution < -0.4 is 5.32 Å². The van der Waals surface area contributed by atoms with Gasteiger partial charge in [-0.15, -0.1) is 0 Å². The first-order chi connectivity index (χ1) is 13.3. The van der Waals surface area contributed by atoms with Crippen LogP contribution in [0.1, 0.15) is 18.5 Å². The van der Waals surface area contributed by atoms with Crippen molar-refractivity contribution >= 4 is 5.82 Å². The number of nitrogens with zero attached hydrogens (tertiary/aromatic N) is 4. The van der Waals surface area contributed by atoms with Crippen LogP contribution in [-0.4, -0.2) is 19.9 Å². The van der Waals surface area contributed by atoms with Crippen LogP contribution in [0, 0.1) is 0 Å². The van der Waals surface area contributed by atoms with Crippen molar-refractivity contribution in [2.45, 2.75) is 13.0 Å². The van der Waals surface area contributed by atoms with Crippen LogP contribution in [0.2, 0.25) is 0 Å². The normalized spacial score (nSPS) is 11.7. The summed E-state index contributed by atoms with van der Waals surface area (Å²) in [6.45, 7) is 2.11. The maximum Gasteiger partial charge on any atom is 0.180 e. The average molecular weight is 353 g/mol. The zero-order chi connectivity index (χ0) is 18.5. The molecule has 0 amide bonds.